The zero-order valence-electron chi connectivity index (χ0n) is 12.2. The fourth-order valence-electron chi connectivity index (χ4n) is 3.61. The van der Waals surface area contributed by atoms with E-state index in [-0.39, 0.29) is 35.5 Å². The van der Waals surface area contributed by atoms with Gasteiger partial charge in [-0.3, -0.25) is 14.4 Å². The highest BCUT2D eigenvalue weighted by atomic mass is 16.7. The molecule has 20 heavy (non-hydrogen) atoms. The Morgan fingerprint density at radius 3 is 2.10 bits per heavy atom. The number of carbonyl (C=O) groups is 2. The van der Waals surface area contributed by atoms with Crippen LogP contribution in [0.3, 0.4) is 0 Å². The number of carbonyl (C=O) groups excluding carboxylic acids is 2. The van der Waals surface area contributed by atoms with Crippen LogP contribution in [-0.2, 0) is 14.4 Å². The third kappa shape index (κ3) is 1.67. The van der Waals surface area contributed by atoms with Gasteiger partial charge in [0, 0.05) is 0 Å². The Labute approximate surface area is 118 Å². The topological polar surface area (TPSA) is 52.9 Å². The van der Waals surface area contributed by atoms with Crippen LogP contribution >= 0.6 is 0 Å². The zero-order valence-corrected chi connectivity index (χ0v) is 12.2. The van der Waals surface area contributed by atoms with E-state index in [1.165, 1.54) is 0 Å². The number of hydroxylamine groups is 2. The van der Waals surface area contributed by atoms with Crippen LogP contribution in [0.5, 0.6) is 0 Å². The van der Waals surface area contributed by atoms with Crippen molar-refractivity contribution in [3.8, 4) is 0 Å². The van der Waals surface area contributed by atoms with Crippen LogP contribution in [0, 0.1) is 23.7 Å². The molecule has 0 aromatic rings. The minimum Gasteiger partial charge on any atom is -0.292 e. The summed E-state index contributed by atoms with van der Waals surface area (Å²) in [4.78, 5) is 32.3. The molecule has 0 aromatic heterocycles. The highest BCUT2D eigenvalue weighted by Crippen LogP contribution is 2.52. The monoisotopic (exact) mass is 278 g/mol. The van der Waals surface area contributed by atoms with Gasteiger partial charge in [-0.05, 0) is 18.3 Å². The van der Waals surface area contributed by atoms with Gasteiger partial charge in [0.25, 0.3) is 11.8 Å². The normalized spacial score (nSPS) is 33.7. The second-order valence-corrected chi connectivity index (χ2v) is 6.13. The van der Waals surface area contributed by atoms with Gasteiger partial charge in [-0.15, -0.1) is 0 Å². The van der Waals surface area contributed by atoms with Crippen molar-refractivity contribution in [2.75, 3.05) is 28.2 Å². The first-order valence-electron chi connectivity index (χ1n) is 6.87. The van der Waals surface area contributed by atoms with Gasteiger partial charge in [0.2, 0.25) is 0 Å². The molecule has 1 aliphatic heterocycles. The predicted octanol–water partition coefficient (Wildman–Crippen LogP) is -0.0852. The molecule has 6 heteroatoms. The molecule has 2 aliphatic carbocycles. The van der Waals surface area contributed by atoms with Crippen LogP contribution in [0.2, 0.25) is 0 Å². The van der Waals surface area contributed by atoms with E-state index in [2.05, 4.69) is 12.2 Å². The average molecular weight is 278 g/mol. The van der Waals surface area contributed by atoms with Crippen LogP contribution in [0.1, 0.15) is 6.42 Å². The first-order chi connectivity index (χ1) is 9.41. The number of nitrogens with zero attached hydrogens (tertiary/aromatic N) is 3. The molecule has 0 aromatic carbocycles. The second-order valence-electron chi connectivity index (χ2n) is 6.13. The van der Waals surface area contributed by atoms with Crippen LogP contribution in [-0.4, -0.2) is 60.6 Å². The number of rotatable bonds is 1. The lowest BCUT2D eigenvalue weighted by Crippen LogP contribution is -2.42. The third-order valence-electron chi connectivity index (χ3n) is 4.37. The maximum atomic E-state index is 12.5. The standard InChI is InChI=1S/C14H20N3O3/c1-15(2)14(16(3)4)20-17-12(18)10-8-5-6-9(7-8)11(10)13(17)19/h5-6,8-11H,7H2,1-4H3/q+1/t8-,9-,10?,11?/m0/s1. The predicted molar refractivity (Wildman–Crippen MR) is 71.5 cm³/mol. The lowest BCUT2D eigenvalue weighted by Gasteiger charge is -2.18. The molecular formula is C14H20N3O3+. The van der Waals surface area contributed by atoms with Crippen molar-refractivity contribution in [2.24, 2.45) is 23.7 Å². The molecule has 3 aliphatic rings. The van der Waals surface area contributed by atoms with Crippen LogP contribution in [0.4, 0.5) is 0 Å². The number of hydrogen-bond acceptors (Lipinski definition) is 3. The molecule has 0 radical (unpaired) electrons. The van der Waals surface area contributed by atoms with Gasteiger partial charge in [-0.2, -0.15) is 0 Å². The summed E-state index contributed by atoms with van der Waals surface area (Å²) < 4.78 is 1.74. The van der Waals surface area contributed by atoms with Crippen molar-refractivity contribution in [3.05, 3.63) is 12.2 Å². The average Bonchev–Trinajstić information content (AvgIpc) is 3.02. The Morgan fingerprint density at radius 2 is 1.70 bits per heavy atom. The molecule has 2 fully saturated rings. The summed E-state index contributed by atoms with van der Waals surface area (Å²) in [5, 5.41) is 0.969. The number of hydrogen-bond donors (Lipinski definition) is 0. The van der Waals surface area contributed by atoms with E-state index >= 15 is 0 Å². The van der Waals surface area contributed by atoms with Crippen molar-refractivity contribution in [1.82, 2.24) is 9.96 Å². The fourth-order valence-corrected chi connectivity index (χ4v) is 3.61. The lowest BCUT2D eigenvalue weighted by atomic mass is 9.85. The number of allylic oxidation sites excluding steroid dienone is 2. The molecule has 1 heterocycles. The summed E-state index contributed by atoms with van der Waals surface area (Å²) in [6.45, 7) is 0. The second kappa shape index (κ2) is 4.33. The number of fused-ring (bicyclic) bond motifs is 5. The molecule has 0 spiro atoms. The van der Waals surface area contributed by atoms with Gasteiger partial charge in [-0.1, -0.05) is 17.2 Å². The minimum absolute atomic E-state index is 0.196. The Hall–Kier alpha value is -1.85. The van der Waals surface area contributed by atoms with E-state index < -0.39 is 0 Å². The number of amides is 2. The first kappa shape index (κ1) is 13.1. The van der Waals surface area contributed by atoms with E-state index in [4.69, 9.17) is 4.84 Å². The van der Waals surface area contributed by atoms with Crippen molar-refractivity contribution in [3.63, 3.8) is 0 Å². The molecule has 1 saturated carbocycles. The summed E-state index contributed by atoms with van der Waals surface area (Å²) in [6, 6.07) is 0.465. The van der Waals surface area contributed by atoms with Crippen LogP contribution < -0.4 is 0 Å². The highest BCUT2D eigenvalue weighted by Gasteiger charge is 2.61. The fraction of sp³-hybridized carbons (Fsp3) is 0.643. The van der Waals surface area contributed by atoms with E-state index in [9.17, 15) is 9.59 Å². The zero-order chi connectivity index (χ0) is 14.6. The minimum atomic E-state index is -0.219. The largest absolute Gasteiger partial charge is 0.470 e. The highest BCUT2D eigenvalue weighted by molar-refractivity contribution is 6.06. The number of imide groups is 1. The van der Waals surface area contributed by atoms with Crippen molar-refractivity contribution < 1.29 is 19.0 Å². The third-order valence-corrected chi connectivity index (χ3v) is 4.37. The van der Waals surface area contributed by atoms with Gasteiger partial charge < -0.3 is 0 Å². The van der Waals surface area contributed by atoms with Gasteiger partial charge in [0.1, 0.15) is 0 Å². The van der Waals surface area contributed by atoms with Gasteiger partial charge >= 0.3 is 6.02 Å². The summed E-state index contributed by atoms with van der Waals surface area (Å²) in [6.07, 6.45) is 5.07. The molecule has 6 nitrogen and oxygen atoms in total. The van der Waals surface area contributed by atoms with Crippen LogP contribution in [0.15, 0.2) is 12.2 Å². The summed E-state index contributed by atoms with van der Waals surface area (Å²) >= 11 is 0. The molecular weight excluding hydrogens is 258 g/mol. The summed E-state index contributed by atoms with van der Waals surface area (Å²) in [5.41, 5.74) is 0. The van der Waals surface area contributed by atoms with Gasteiger partial charge in [-0.25, -0.2) is 9.48 Å². The maximum absolute atomic E-state index is 12.5. The van der Waals surface area contributed by atoms with E-state index in [1.807, 2.05) is 28.2 Å². The van der Waals surface area contributed by atoms with E-state index in [1.54, 1.807) is 9.48 Å². The molecule has 2 amide bonds. The smallest absolute Gasteiger partial charge is 0.292 e. The van der Waals surface area contributed by atoms with E-state index in [0.717, 1.165) is 11.5 Å². The van der Waals surface area contributed by atoms with Crippen molar-refractivity contribution in [1.29, 1.82) is 0 Å². The molecule has 2 unspecified atom stereocenters. The Morgan fingerprint density at radius 1 is 1.20 bits per heavy atom. The number of amidine groups is 1. The summed E-state index contributed by atoms with van der Waals surface area (Å²) in [5.74, 6) is -0.420. The van der Waals surface area contributed by atoms with E-state index in [0.29, 0.717) is 6.02 Å². The molecule has 2 bridgehead atoms. The quantitative estimate of drug-likeness (QED) is 0.221. The van der Waals surface area contributed by atoms with Crippen molar-refractivity contribution in [2.45, 2.75) is 6.42 Å². The molecule has 1 saturated heterocycles. The Bertz CT molecular complexity index is 504. The van der Waals surface area contributed by atoms with Crippen molar-refractivity contribution >= 4 is 17.8 Å². The Kier molecular flexibility index (Phi) is 2.84. The van der Waals surface area contributed by atoms with Crippen LogP contribution in [0.25, 0.3) is 0 Å². The molecule has 0 N–H and O–H groups in total. The van der Waals surface area contributed by atoms with Gasteiger partial charge in [0.05, 0.1) is 40.0 Å². The SMILES string of the molecule is CN(C)C(ON1C(=O)C2C(C1=O)[C@H]1C=C[C@H]2C1)=[N+](C)C. The van der Waals surface area contributed by atoms with Gasteiger partial charge in [0.15, 0.2) is 0 Å². The summed E-state index contributed by atoms with van der Waals surface area (Å²) in [7, 11) is 7.25. The maximum Gasteiger partial charge on any atom is 0.470 e. The molecule has 3 rings (SSSR count). The Balaban J connectivity index is 1.85. The first-order valence-corrected chi connectivity index (χ1v) is 6.87. The molecule has 4 atom stereocenters. The molecule has 108 valence electrons. The lowest BCUT2D eigenvalue weighted by molar-refractivity contribution is -0.484.